The van der Waals surface area contributed by atoms with E-state index in [1.807, 2.05) is 6.92 Å². The maximum atomic E-state index is 11.2. The second-order valence-electron chi connectivity index (χ2n) is 3.96. The zero-order valence-corrected chi connectivity index (χ0v) is 8.57. The van der Waals surface area contributed by atoms with Gasteiger partial charge in [-0.15, -0.1) is 11.6 Å². The second-order valence-corrected chi connectivity index (χ2v) is 4.80. The Morgan fingerprint density at radius 3 is 2.50 bits per heavy atom. The first-order valence-electron chi connectivity index (χ1n) is 4.32. The minimum Gasteiger partial charge on any atom is -0.458 e. The average Bonchev–Trinajstić information content (AvgIpc) is 2.02. The number of ether oxygens (including phenoxy) is 1. The molecule has 3 heteroatoms. The van der Waals surface area contributed by atoms with Crippen LogP contribution in [-0.4, -0.2) is 16.4 Å². The smallest absolute Gasteiger partial charge is 0.327 e. The first kappa shape index (κ1) is 9.85. The number of hydrogen-bond donors (Lipinski definition) is 0. The second kappa shape index (κ2) is 2.91. The van der Waals surface area contributed by atoms with Crippen LogP contribution in [0.3, 0.4) is 0 Å². The van der Waals surface area contributed by atoms with E-state index in [1.54, 1.807) is 6.92 Å². The molecule has 0 aromatic carbocycles. The highest BCUT2D eigenvalue weighted by atomic mass is 35.5. The minimum absolute atomic E-state index is 0.278. The lowest BCUT2D eigenvalue weighted by atomic mass is 9.92. The van der Waals surface area contributed by atoms with Gasteiger partial charge in [-0.25, -0.2) is 0 Å². The molecule has 0 radical (unpaired) electrons. The Labute approximate surface area is 78.2 Å². The Balaban J connectivity index is 2.71. The van der Waals surface area contributed by atoms with Crippen LogP contribution in [0, 0.1) is 0 Å². The molecule has 1 heterocycles. The zero-order chi connectivity index (χ0) is 9.41. The molecule has 1 aliphatic rings. The van der Waals surface area contributed by atoms with E-state index in [-0.39, 0.29) is 11.6 Å². The van der Waals surface area contributed by atoms with Crippen LogP contribution in [0.4, 0.5) is 0 Å². The molecule has 2 unspecified atom stereocenters. The Kier molecular flexibility index (Phi) is 2.39. The first-order valence-corrected chi connectivity index (χ1v) is 4.70. The molecule has 0 N–H and O–H groups in total. The molecule has 12 heavy (non-hydrogen) atoms. The number of alkyl halides is 1. The summed E-state index contributed by atoms with van der Waals surface area (Å²) < 4.78 is 5.23. The zero-order valence-electron chi connectivity index (χ0n) is 7.82. The van der Waals surface area contributed by atoms with Gasteiger partial charge in [-0.1, -0.05) is 13.3 Å². The van der Waals surface area contributed by atoms with E-state index in [9.17, 15) is 4.79 Å². The lowest BCUT2D eigenvalue weighted by Crippen LogP contribution is -2.24. The number of carbonyl (C=O) groups is 1. The standard InChI is InChI=1S/C9H15ClO2/c1-4-5-8(2)6-9(3,10)7(11)12-8/h4-6H2,1-3H3. The van der Waals surface area contributed by atoms with Gasteiger partial charge in [-0.2, -0.15) is 0 Å². The molecular formula is C9H15ClO2. The van der Waals surface area contributed by atoms with Crippen molar-refractivity contribution in [3.05, 3.63) is 0 Å². The van der Waals surface area contributed by atoms with E-state index in [2.05, 4.69) is 6.92 Å². The molecular weight excluding hydrogens is 176 g/mol. The highest BCUT2D eigenvalue weighted by Crippen LogP contribution is 2.40. The Morgan fingerprint density at radius 2 is 2.17 bits per heavy atom. The van der Waals surface area contributed by atoms with Gasteiger partial charge in [-0.3, -0.25) is 4.79 Å². The molecule has 1 aliphatic heterocycles. The Hall–Kier alpha value is -0.240. The molecule has 0 amide bonds. The summed E-state index contributed by atoms with van der Waals surface area (Å²) in [6, 6.07) is 0. The summed E-state index contributed by atoms with van der Waals surface area (Å²) in [4.78, 5) is 10.4. The van der Waals surface area contributed by atoms with E-state index in [4.69, 9.17) is 16.3 Å². The van der Waals surface area contributed by atoms with E-state index in [0.717, 1.165) is 12.8 Å². The molecule has 0 saturated carbocycles. The predicted molar refractivity (Wildman–Crippen MR) is 48.3 cm³/mol. The van der Waals surface area contributed by atoms with Gasteiger partial charge >= 0.3 is 5.97 Å². The van der Waals surface area contributed by atoms with Crippen LogP contribution < -0.4 is 0 Å². The lowest BCUT2D eigenvalue weighted by Gasteiger charge is -2.21. The van der Waals surface area contributed by atoms with Gasteiger partial charge in [0.15, 0.2) is 0 Å². The molecule has 1 rings (SSSR count). The molecule has 2 nitrogen and oxygen atoms in total. The summed E-state index contributed by atoms with van der Waals surface area (Å²) in [5.41, 5.74) is -0.331. The number of halogens is 1. The van der Waals surface area contributed by atoms with Gasteiger partial charge in [0.25, 0.3) is 0 Å². The van der Waals surface area contributed by atoms with Crippen LogP contribution in [-0.2, 0) is 9.53 Å². The van der Waals surface area contributed by atoms with Gasteiger partial charge in [0.1, 0.15) is 10.5 Å². The summed E-state index contributed by atoms with van der Waals surface area (Å²) in [6.45, 7) is 5.74. The number of hydrogen-bond acceptors (Lipinski definition) is 2. The lowest BCUT2D eigenvalue weighted by molar-refractivity contribution is -0.148. The molecule has 0 aliphatic carbocycles. The molecule has 0 aromatic heterocycles. The van der Waals surface area contributed by atoms with Crippen molar-refractivity contribution in [2.45, 2.75) is 50.5 Å². The van der Waals surface area contributed by atoms with Crippen LogP contribution in [0.15, 0.2) is 0 Å². The third-order valence-corrected chi connectivity index (χ3v) is 2.54. The van der Waals surface area contributed by atoms with Crippen molar-refractivity contribution < 1.29 is 9.53 Å². The van der Waals surface area contributed by atoms with Crippen molar-refractivity contribution in [2.75, 3.05) is 0 Å². The summed E-state index contributed by atoms with van der Waals surface area (Å²) in [7, 11) is 0. The van der Waals surface area contributed by atoms with Crippen LogP contribution in [0.1, 0.15) is 40.0 Å². The fourth-order valence-corrected chi connectivity index (χ4v) is 2.13. The first-order chi connectivity index (χ1) is 5.40. The molecule has 70 valence electrons. The fraction of sp³-hybridized carbons (Fsp3) is 0.889. The Bertz CT molecular complexity index is 201. The molecule has 0 aromatic rings. The van der Waals surface area contributed by atoms with Crippen LogP contribution in [0.5, 0.6) is 0 Å². The van der Waals surface area contributed by atoms with Gasteiger partial charge in [0.2, 0.25) is 0 Å². The molecule has 1 fully saturated rings. The van der Waals surface area contributed by atoms with Crippen molar-refractivity contribution in [2.24, 2.45) is 0 Å². The molecule has 0 bridgehead atoms. The van der Waals surface area contributed by atoms with Crippen LogP contribution in [0.2, 0.25) is 0 Å². The third kappa shape index (κ3) is 1.74. The summed E-state index contributed by atoms with van der Waals surface area (Å²) in [5, 5.41) is 0. The van der Waals surface area contributed by atoms with Gasteiger partial charge < -0.3 is 4.74 Å². The maximum absolute atomic E-state index is 11.2. The van der Waals surface area contributed by atoms with Crippen molar-refractivity contribution in [1.82, 2.24) is 0 Å². The maximum Gasteiger partial charge on any atom is 0.327 e. The van der Waals surface area contributed by atoms with E-state index >= 15 is 0 Å². The highest BCUT2D eigenvalue weighted by Gasteiger charge is 2.50. The largest absolute Gasteiger partial charge is 0.458 e. The van der Waals surface area contributed by atoms with Gasteiger partial charge in [0, 0.05) is 6.42 Å². The van der Waals surface area contributed by atoms with Crippen molar-refractivity contribution in [3.63, 3.8) is 0 Å². The SMILES string of the molecule is CCCC1(C)CC(C)(Cl)C(=O)O1. The highest BCUT2D eigenvalue weighted by molar-refractivity contribution is 6.34. The van der Waals surface area contributed by atoms with Crippen molar-refractivity contribution >= 4 is 17.6 Å². The van der Waals surface area contributed by atoms with Gasteiger partial charge in [0.05, 0.1) is 0 Å². The van der Waals surface area contributed by atoms with Crippen molar-refractivity contribution in [3.8, 4) is 0 Å². The molecule has 2 atom stereocenters. The van der Waals surface area contributed by atoms with Crippen molar-refractivity contribution in [1.29, 1.82) is 0 Å². The van der Waals surface area contributed by atoms with Crippen LogP contribution in [0.25, 0.3) is 0 Å². The van der Waals surface area contributed by atoms with E-state index in [0.29, 0.717) is 6.42 Å². The quantitative estimate of drug-likeness (QED) is 0.494. The predicted octanol–water partition coefficient (Wildman–Crippen LogP) is 2.49. The normalized spacial score (nSPS) is 41.5. The number of esters is 1. The summed E-state index contributed by atoms with van der Waals surface area (Å²) in [6.07, 6.45) is 2.52. The number of cyclic esters (lactones) is 1. The van der Waals surface area contributed by atoms with E-state index in [1.165, 1.54) is 0 Å². The van der Waals surface area contributed by atoms with Gasteiger partial charge in [-0.05, 0) is 20.3 Å². The van der Waals surface area contributed by atoms with Crippen LogP contribution >= 0.6 is 11.6 Å². The third-order valence-electron chi connectivity index (χ3n) is 2.25. The molecule has 1 saturated heterocycles. The average molecular weight is 191 g/mol. The monoisotopic (exact) mass is 190 g/mol. The van der Waals surface area contributed by atoms with E-state index < -0.39 is 4.87 Å². The summed E-state index contributed by atoms with van der Waals surface area (Å²) >= 11 is 5.96. The molecule has 0 spiro atoms. The number of carbonyl (C=O) groups excluding carboxylic acids is 1. The fourth-order valence-electron chi connectivity index (χ4n) is 1.81. The topological polar surface area (TPSA) is 26.3 Å². The Morgan fingerprint density at radius 1 is 1.58 bits per heavy atom. The summed E-state index contributed by atoms with van der Waals surface area (Å²) in [5.74, 6) is -0.278. The minimum atomic E-state index is -0.802. The number of rotatable bonds is 2.